The molecule has 1 aliphatic rings. The molecule has 24 heavy (non-hydrogen) atoms. The number of thioether (sulfide) groups is 1. The van der Waals surface area contributed by atoms with Crippen molar-refractivity contribution in [2.75, 3.05) is 19.6 Å². The highest BCUT2D eigenvalue weighted by Crippen LogP contribution is 2.33. The van der Waals surface area contributed by atoms with Gasteiger partial charge in [0.05, 0.1) is 0 Å². The van der Waals surface area contributed by atoms with Gasteiger partial charge in [-0.1, -0.05) is 54.2 Å². The van der Waals surface area contributed by atoms with Crippen molar-refractivity contribution < 1.29 is 8.78 Å². The minimum atomic E-state index is -2.37. The highest BCUT2D eigenvalue weighted by Gasteiger charge is 2.32. The molecule has 2 atom stereocenters. The van der Waals surface area contributed by atoms with Crippen LogP contribution in [0, 0.1) is 5.92 Å². The molecular formula is C19H22F2N2S. The number of hydrogen-bond acceptors (Lipinski definition) is 3. The number of halogens is 2. The largest absolute Gasteiger partial charge is 0.330 e. The Balaban J connectivity index is 1.64. The van der Waals surface area contributed by atoms with Crippen molar-refractivity contribution >= 4 is 11.8 Å². The summed E-state index contributed by atoms with van der Waals surface area (Å²) >= 11 is 0.588. The van der Waals surface area contributed by atoms with Gasteiger partial charge >= 0.3 is 0 Å². The van der Waals surface area contributed by atoms with Gasteiger partial charge in [0.1, 0.15) is 0 Å². The van der Waals surface area contributed by atoms with E-state index in [1.165, 1.54) is 5.56 Å². The van der Waals surface area contributed by atoms with E-state index in [1.807, 2.05) is 18.2 Å². The van der Waals surface area contributed by atoms with E-state index < -0.39 is 5.76 Å². The third-order valence-corrected chi connectivity index (χ3v) is 5.32. The monoisotopic (exact) mass is 348 g/mol. The number of likely N-dealkylation sites (tertiary alicyclic amines) is 1. The van der Waals surface area contributed by atoms with Gasteiger partial charge in [0.25, 0.3) is 5.76 Å². The SMILES string of the molecule is NC[C@@H]1CN(Cc2ccc(SC(F)F)cc2)C[C@H]1c1ccccc1. The summed E-state index contributed by atoms with van der Waals surface area (Å²) in [6.07, 6.45) is 0. The van der Waals surface area contributed by atoms with Gasteiger partial charge in [-0.25, -0.2) is 0 Å². The molecule has 0 unspecified atom stereocenters. The predicted molar refractivity (Wildman–Crippen MR) is 95.3 cm³/mol. The fourth-order valence-corrected chi connectivity index (χ4v) is 3.94. The minimum absolute atomic E-state index is 0.459. The van der Waals surface area contributed by atoms with E-state index in [0.29, 0.717) is 35.0 Å². The van der Waals surface area contributed by atoms with Gasteiger partial charge in [-0.3, -0.25) is 4.90 Å². The molecule has 3 rings (SSSR count). The van der Waals surface area contributed by atoms with Gasteiger partial charge in [0.15, 0.2) is 0 Å². The van der Waals surface area contributed by atoms with Crippen LogP contribution in [-0.4, -0.2) is 30.3 Å². The van der Waals surface area contributed by atoms with E-state index in [4.69, 9.17) is 5.73 Å². The maximum Gasteiger partial charge on any atom is 0.288 e. The number of alkyl halides is 2. The Kier molecular flexibility index (Phi) is 5.87. The zero-order chi connectivity index (χ0) is 16.9. The Morgan fingerprint density at radius 1 is 1.04 bits per heavy atom. The molecule has 0 saturated carbocycles. The summed E-state index contributed by atoms with van der Waals surface area (Å²) in [6.45, 7) is 3.47. The quantitative estimate of drug-likeness (QED) is 0.794. The number of hydrogen-bond donors (Lipinski definition) is 1. The summed E-state index contributed by atoms with van der Waals surface area (Å²) in [5, 5.41) is 0. The van der Waals surface area contributed by atoms with Crippen LogP contribution in [0.2, 0.25) is 0 Å². The second kappa shape index (κ2) is 8.10. The Morgan fingerprint density at radius 3 is 2.38 bits per heavy atom. The molecule has 2 aromatic rings. The van der Waals surface area contributed by atoms with Gasteiger partial charge in [-0.15, -0.1) is 0 Å². The van der Waals surface area contributed by atoms with Crippen LogP contribution >= 0.6 is 11.8 Å². The topological polar surface area (TPSA) is 29.3 Å². The molecule has 1 heterocycles. The van der Waals surface area contributed by atoms with Crippen molar-refractivity contribution in [2.45, 2.75) is 23.1 Å². The average molecular weight is 348 g/mol. The van der Waals surface area contributed by atoms with Gasteiger partial charge in [0, 0.05) is 30.4 Å². The first-order valence-electron chi connectivity index (χ1n) is 8.17. The van der Waals surface area contributed by atoms with Gasteiger partial charge in [-0.2, -0.15) is 8.78 Å². The molecule has 0 amide bonds. The third-order valence-electron chi connectivity index (χ3n) is 4.60. The molecule has 1 fully saturated rings. The molecule has 0 spiro atoms. The van der Waals surface area contributed by atoms with Crippen LogP contribution in [0.25, 0.3) is 0 Å². The van der Waals surface area contributed by atoms with E-state index in [9.17, 15) is 8.78 Å². The van der Waals surface area contributed by atoms with Crippen molar-refractivity contribution in [3.05, 3.63) is 65.7 Å². The van der Waals surface area contributed by atoms with Crippen molar-refractivity contribution in [3.8, 4) is 0 Å². The third kappa shape index (κ3) is 4.35. The van der Waals surface area contributed by atoms with Crippen LogP contribution in [-0.2, 0) is 6.54 Å². The second-order valence-electron chi connectivity index (χ2n) is 6.23. The average Bonchev–Trinajstić information content (AvgIpc) is 3.00. The van der Waals surface area contributed by atoms with Gasteiger partial charge in [-0.05, 0) is 35.7 Å². The standard InChI is InChI=1S/C19H22F2N2S/c20-19(21)24-17-8-6-14(7-9-17)11-23-12-16(10-22)18(13-23)15-4-2-1-3-5-15/h1-9,16,18-19H,10-13,22H2/t16-,18+/m1/s1. The van der Waals surface area contributed by atoms with Crippen molar-refractivity contribution in [3.63, 3.8) is 0 Å². The molecule has 2 aromatic carbocycles. The Bertz CT molecular complexity index is 634. The maximum absolute atomic E-state index is 12.4. The summed E-state index contributed by atoms with van der Waals surface area (Å²) in [6, 6.07) is 18.0. The van der Waals surface area contributed by atoms with Crippen LogP contribution < -0.4 is 5.73 Å². The normalized spacial score (nSPS) is 21.5. The summed E-state index contributed by atoms with van der Waals surface area (Å²) in [5.41, 5.74) is 8.48. The molecule has 1 saturated heterocycles. The van der Waals surface area contributed by atoms with Crippen molar-refractivity contribution in [1.82, 2.24) is 4.90 Å². The fourth-order valence-electron chi connectivity index (χ4n) is 3.44. The first kappa shape index (κ1) is 17.4. The number of rotatable bonds is 6. The predicted octanol–water partition coefficient (Wildman–Crippen LogP) is 4.18. The van der Waals surface area contributed by atoms with E-state index >= 15 is 0 Å². The molecule has 5 heteroatoms. The van der Waals surface area contributed by atoms with E-state index in [2.05, 4.69) is 29.2 Å². The summed E-state index contributed by atoms with van der Waals surface area (Å²) in [7, 11) is 0. The summed E-state index contributed by atoms with van der Waals surface area (Å²) in [5.74, 6) is -1.45. The Morgan fingerprint density at radius 2 is 1.75 bits per heavy atom. The zero-order valence-corrected chi connectivity index (χ0v) is 14.3. The van der Waals surface area contributed by atoms with Crippen LogP contribution in [0.15, 0.2) is 59.5 Å². The lowest BCUT2D eigenvalue weighted by Crippen LogP contribution is -2.23. The molecule has 0 bridgehead atoms. The molecule has 0 radical (unpaired) electrons. The summed E-state index contributed by atoms with van der Waals surface area (Å²) < 4.78 is 24.8. The first-order valence-corrected chi connectivity index (χ1v) is 9.05. The van der Waals surface area contributed by atoms with Crippen molar-refractivity contribution in [1.29, 1.82) is 0 Å². The van der Waals surface area contributed by atoms with Crippen LogP contribution in [0.4, 0.5) is 8.78 Å². The maximum atomic E-state index is 12.4. The minimum Gasteiger partial charge on any atom is -0.330 e. The van der Waals surface area contributed by atoms with Crippen LogP contribution in [0.1, 0.15) is 17.0 Å². The van der Waals surface area contributed by atoms with Crippen LogP contribution in [0.3, 0.4) is 0 Å². The molecule has 128 valence electrons. The lowest BCUT2D eigenvalue weighted by molar-refractivity contribution is 0.252. The number of nitrogens with two attached hydrogens (primary N) is 1. The second-order valence-corrected chi connectivity index (χ2v) is 7.29. The molecule has 2 nitrogen and oxygen atoms in total. The molecule has 2 N–H and O–H groups in total. The Hall–Kier alpha value is -1.43. The number of nitrogens with zero attached hydrogens (tertiary/aromatic N) is 1. The first-order chi connectivity index (χ1) is 11.7. The highest BCUT2D eigenvalue weighted by atomic mass is 32.2. The smallest absolute Gasteiger partial charge is 0.288 e. The molecule has 0 aromatic heterocycles. The van der Waals surface area contributed by atoms with Gasteiger partial charge < -0.3 is 5.73 Å². The molecular weight excluding hydrogens is 326 g/mol. The molecule has 0 aliphatic carbocycles. The van der Waals surface area contributed by atoms with Crippen molar-refractivity contribution in [2.24, 2.45) is 11.7 Å². The zero-order valence-electron chi connectivity index (χ0n) is 13.4. The Labute approximate surface area is 146 Å². The number of benzene rings is 2. The highest BCUT2D eigenvalue weighted by molar-refractivity contribution is 7.99. The van der Waals surface area contributed by atoms with E-state index in [0.717, 1.165) is 25.2 Å². The molecule has 1 aliphatic heterocycles. The lowest BCUT2D eigenvalue weighted by Gasteiger charge is -2.17. The van der Waals surface area contributed by atoms with E-state index in [-0.39, 0.29) is 0 Å². The summed E-state index contributed by atoms with van der Waals surface area (Å²) in [4.78, 5) is 3.02. The fraction of sp³-hybridized carbons (Fsp3) is 0.368. The van der Waals surface area contributed by atoms with Gasteiger partial charge in [0.2, 0.25) is 0 Å². The lowest BCUT2D eigenvalue weighted by atomic mass is 9.89. The van der Waals surface area contributed by atoms with Crippen LogP contribution in [0.5, 0.6) is 0 Å². The van der Waals surface area contributed by atoms with E-state index in [1.54, 1.807) is 12.1 Å².